The number of carbonyl (C=O) groups excluding carboxylic acids is 1. The van der Waals surface area contributed by atoms with Crippen molar-refractivity contribution in [1.29, 1.82) is 0 Å². The molecular formula is C16H22N2O2. The predicted octanol–water partition coefficient (Wildman–Crippen LogP) is 2.15. The Bertz CT molecular complexity index is 589. The predicted molar refractivity (Wildman–Crippen MR) is 80.6 cm³/mol. The van der Waals surface area contributed by atoms with Gasteiger partial charge in [0.05, 0.1) is 6.42 Å². The van der Waals surface area contributed by atoms with Crippen LogP contribution in [-0.2, 0) is 11.2 Å². The summed E-state index contributed by atoms with van der Waals surface area (Å²) in [5.41, 5.74) is 3.29. The van der Waals surface area contributed by atoms with E-state index in [-0.39, 0.29) is 12.5 Å². The number of aryl methyl sites for hydroxylation is 1. The fraction of sp³-hybridized carbons (Fsp3) is 0.438. The number of aromatic nitrogens is 1. The molecule has 0 saturated carbocycles. The van der Waals surface area contributed by atoms with Crippen molar-refractivity contribution in [1.82, 2.24) is 10.3 Å². The fourth-order valence-electron chi connectivity index (χ4n) is 2.29. The maximum atomic E-state index is 11.9. The summed E-state index contributed by atoms with van der Waals surface area (Å²) in [7, 11) is 0. The van der Waals surface area contributed by atoms with Crippen LogP contribution in [0.15, 0.2) is 24.4 Å². The van der Waals surface area contributed by atoms with Gasteiger partial charge in [-0.3, -0.25) is 4.79 Å². The molecule has 4 heteroatoms. The minimum absolute atomic E-state index is 0.0243. The zero-order valence-electron chi connectivity index (χ0n) is 12.1. The Hall–Kier alpha value is -1.81. The van der Waals surface area contributed by atoms with Crippen molar-refractivity contribution >= 4 is 16.8 Å². The molecule has 1 aromatic carbocycles. The minimum atomic E-state index is 0.0243. The highest BCUT2D eigenvalue weighted by molar-refractivity contribution is 5.89. The lowest BCUT2D eigenvalue weighted by molar-refractivity contribution is -0.120. The molecule has 1 unspecified atom stereocenters. The first kappa shape index (κ1) is 14.6. The molecular weight excluding hydrogens is 252 g/mol. The van der Waals surface area contributed by atoms with Crippen LogP contribution in [0.1, 0.15) is 24.5 Å². The van der Waals surface area contributed by atoms with Gasteiger partial charge in [-0.25, -0.2) is 0 Å². The molecule has 1 atom stereocenters. The summed E-state index contributed by atoms with van der Waals surface area (Å²) >= 11 is 0. The number of aliphatic hydroxyl groups excluding tert-OH is 1. The molecule has 0 aliphatic rings. The van der Waals surface area contributed by atoms with Gasteiger partial charge < -0.3 is 15.4 Å². The molecule has 0 spiro atoms. The number of carbonyl (C=O) groups is 1. The van der Waals surface area contributed by atoms with Gasteiger partial charge in [0.25, 0.3) is 0 Å². The molecule has 3 N–H and O–H groups in total. The van der Waals surface area contributed by atoms with Gasteiger partial charge in [0.1, 0.15) is 0 Å². The van der Waals surface area contributed by atoms with Crippen LogP contribution in [-0.4, -0.2) is 29.1 Å². The molecule has 0 saturated heterocycles. The van der Waals surface area contributed by atoms with Gasteiger partial charge in [0.2, 0.25) is 5.91 Å². The average Bonchev–Trinajstić information content (AvgIpc) is 2.79. The van der Waals surface area contributed by atoms with Gasteiger partial charge in [0, 0.05) is 30.3 Å². The molecule has 1 heterocycles. The number of nitrogens with one attached hydrogen (secondary N) is 2. The molecule has 2 aromatic rings. The maximum absolute atomic E-state index is 11.9. The Kier molecular flexibility index (Phi) is 4.79. The van der Waals surface area contributed by atoms with Crippen molar-refractivity contribution in [2.24, 2.45) is 5.92 Å². The van der Waals surface area contributed by atoms with Crippen molar-refractivity contribution in [3.8, 4) is 0 Å². The van der Waals surface area contributed by atoms with E-state index in [0.717, 1.165) is 16.5 Å². The van der Waals surface area contributed by atoms with Gasteiger partial charge in [-0.05, 0) is 36.5 Å². The Morgan fingerprint density at radius 2 is 2.25 bits per heavy atom. The molecule has 0 fully saturated rings. The van der Waals surface area contributed by atoms with E-state index in [1.54, 1.807) is 0 Å². The van der Waals surface area contributed by atoms with Gasteiger partial charge in [-0.2, -0.15) is 0 Å². The number of fused-ring (bicyclic) bond motifs is 1. The molecule has 1 amide bonds. The minimum Gasteiger partial charge on any atom is -0.396 e. The number of rotatable bonds is 6. The van der Waals surface area contributed by atoms with Crippen molar-refractivity contribution in [2.45, 2.75) is 26.7 Å². The van der Waals surface area contributed by atoms with Gasteiger partial charge in [0.15, 0.2) is 0 Å². The zero-order valence-corrected chi connectivity index (χ0v) is 12.1. The van der Waals surface area contributed by atoms with Crippen LogP contribution in [0.5, 0.6) is 0 Å². The quantitative estimate of drug-likeness (QED) is 0.755. The lowest BCUT2D eigenvalue weighted by Gasteiger charge is -2.10. The molecule has 0 bridgehead atoms. The molecule has 0 aliphatic heterocycles. The topological polar surface area (TPSA) is 65.1 Å². The first-order chi connectivity index (χ1) is 9.60. The second-order valence-electron chi connectivity index (χ2n) is 5.46. The van der Waals surface area contributed by atoms with Crippen LogP contribution < -0.4 is 5.32 Å². The second kappa shape index (κ2) is 6.57. The third kappa shape index (κ3) is 3.61. The van der Waals surface area contributed by atoms with Crippen LogP contribution in [0.2, 0.25) is 0 Å². The molecule has 0 radical (unpaired) electrons. The van der Waals surface area contributed by atoms with Gasteiger partial charge in [-0.15, -0.1) is 0 Å². The molecule has 4 nitrogen and oxygen atoms in total. The zero-order chi connectivity index (χ0) is 14.5. The van der Waals surface area contributed by atoms with Gasteiger partial charge >= 0.3 is 0 Å². The third-order valence-electron chi connectivity index (χ3n) is 3.54. The summed E-state index contributed by atoms with van der Waals surface area (Å²) in [5, 5.41) is 12.9. The highest BCUT2D eigenvalue weighted by Gasteiger charge is 2.10. The number of aliphatic hydroxyl groups is 1. The highest BCUT2D eigenvalue weighted by Crippen LogP contribution is 2.19. The van der Waals surface area contributed by atoms with E-state index in [9.17, 15) is 4.79 Å². The van der Waals surface area contributed by atoms with E-state index in [1.165, 1.54) is 5.56 Å². The summed E-state index contributed by atoms with van der Waals surface area (Å²) < 4.78 is 0. The lowest BCUT2D eigenvalue weighted by atomic mass is 10.1. The summed E-state index contributed by atoms with van der Waals surface area (Å²) in [6, 6.07) is 6.19. The molecule has 20 heavy (non-hydrogen) atoms. The van der Waals surface area contributed by atoms with Crippen LogP contribution >= 0.6 is 0 Å². The SMILES string of the molecule is Cc1ccc2c(CC(=O)NCC(C)CCO)c[nH]c2c1. The summed E-state index contributed by atoms with van der Waals surface area (Å²) in [6.45, 7) is 4.85. The van der Waals surface area contributed by atoms with E-state index in [0.29, 0.717) is 25.3 Å². The number of hydrogen-bond acceptors (Lipinski definition) is 2. The van der Waals surface area contributed by atoms with Gasteiger partial charge in [-0.1, -0.05) is 19.1 Å². The Balaban J connectivity index is 1.96. The van der Waals surface area contributed by atoms with Crippen LogP contribution in [0.3, 0.4) is 0 Å². The summed E-state index contributed by atoms with van der Waals surface area (Å²) in [6.07, 6.45) is 3.00. The molecule has 108 valence electrons. The summed E-state index contributed by atoms with van der Waals surface area (Å²) in [4.78, 5) is 15.1. The van der Waals surface area contributed by atoms with Crippen LogP contribution in [0.25, 0.3) is 10.9 Å². The van der Waals surface area contributed by atoms with Crippen molar-refractivity contribution < 1.29 is 9.90 Å². The molecule has 0 aliphatic carbocycles. The van der Waals surface area contributed by atoms with Crippen molar-refractivity contribution in [2.75, 3.05) is 13.2 Å². The largest absolute Gasteiger partial charge is 0.396 e. The third-order valence-corrected chi connectivity index (χ3v) is 3.54. The first-order valence-electron chi connectivity index (χ1n) is 7.04. The number of hydrogen-bond donors (Lipinski definition) is 3. The average molecular weight is 274 g/mol. The van der Waals surface area contributed by atoms with Crippen molar-refractivity contribution in [3.05, 3.63) is 35.5 Å². The normalized spacial score (nSPS) is 12.6. The summed E-state index contributed by atoms with van der Waals surface area (Å²) in [5.74, 6) is 0.325. The fourth-order valence-corrected chi connectivity index (χ4v) is 2.29. The van der Waals surface area contributed by atoms with Crippen LogP contribution in [0.4, 0.5) is 0 Å². The monoisotopic (exact) mass is 274 g/mol. The van der Waals surface area contributed by atoms with E-state index in [2.05, 4.69) is 35.4 Å². The second-order valence-corrected chi connectivity index (χ2v) is 5.46. The number of benzene rings is 1. The van der Waals surface area contributed by atoms with E-state index in [4.69, 9.17) is 5.11 Å². The van der Waals surface area contributed by atoms with Crippen molar-refractivity contribution in [3.63, 3.8) is 0 Å². The standard InChI is InChI=1S/C16H22N2O2/c1-11-3-4-14-13(10-17-15(14)7-11)8-16(20)18-9-12(2)5-6-19/h3-4,7,10,12,17,19H,5-6,8-9H2,1-2H3,(H,18,20). The highest BCUT2D eigenvalue weighted by atomic mass is 16.3. The number of amides is 1. The smallest absolute Gasteiger partial charge is 0.224 e. The number of aromatic amines is 1. The van der Waals surface area contributed by atoms with Crippen LogP contribution in [0, 0.1) is 12.8 Å². The molecule has 1 aromatic heterocycles. The van der Waals surface area contributed by atoms with E-state index in [1.807, 2.05) is 13.1 Å². The Labute approximate surface area is 119 Å². The Morgan fingerprint density at radius 3 is 3.00 bits per heavy atom. The molecule has 2 rings (SSSR count). The first-order valence-corrected chi connectivity index (χ1v) is 7.04. The van der Waals surface area contributed by atoms with E-state index >= 15 is 0 Å². The Morgan fingerprint density at radius 1 is 1.45 bits per heavy atom. The maximum Gasteiger partial charge on any atom is 0.224 e. The van der Waals surface area contributed by atoms with E-state index < -0.39 is 0 Å². The lowest BCUT2D eigenvalue weighted by Crippen LogP contribution is -2.29. The number of H-pyrrole nitrogens is 1.